The van der Waals surface area contributed by atoms with Gasteiger partial charge in [-0.3, -0.25) is 0 Å². The van der Waals surface area contributed by atoms with E-state index in [0.29, 0.717) is 5.41 Å². The van der Waals surface area contributed by atoms with Crippen molar-refractivity contribution in [3.05, 3.63) is 0 Å². The van der Waals surface area contributed by atoms with Crippen molar-refractivity contribution in [2.24, 2.45) is 11.3 Å². The highest BCUT2D eigenvalue weighted by molar-refractivity contribution is 4.94. The molecule has 1 rings (SSSR count). The normalized spacial score (nSPS) is 20.0. The lowest BCUT2D eigenvalue weighted by Crippen LogP contribution is -2.29. The lowest BCUT2D eigenvalue weighted by molar-refractivity contribution is 0.139. The van der Waals surface area contributed by atoms with Gasteiger partial charge in [-0.2, -0.15) is 0 Å². The quantitative estimate of drug-likeness (QED) is 0.656. The first kappa shape index (κ1) is 10.0. The molecule has 1 fully saturated rings. The minimum absolute atomic E-state index is 0.504. The molecule has 0 aromatic rings. The van der Waals surface area contributed by atoms with Crippen LogP contribution in [0, 0.1) is 11.3 Å². The maximum absolute atomic E-state index is 5.19. The highest BCUT2D eigenvalue weighted by Gasteiger charge is 2.41. The molecule has 0 atom stereocenters. The van der Waals surface area contributed by atoms with Crippen molar-refractivity contribution in [3.8, 4) is 0 Å². The molecule has 0 radical (unpaired) electrons. The van der Waals surface area contributed by atoms with Crippen LogP contribution < -0.4 is 5.32 Å². The van der Waals surface area contributed by atoms with E-state index >= 15 is 0 Å². The largest absolute Gasteiger partial charge is 0.384 e. The van der Waals surface area contributed by atoms with Crippen LogP contribution in [0.2, 0.25) is 0 Å². The molecule has 0 heterocycles. The van der Waals surface area contributed by atoms with E-state index in [1.807, 2.05) is 0 Å². The zero-order chi connectivity index (χ0) is 9.03. The van der Waals surface area contributed by atoms with E-state index in [9.17, 15) is 0 Å². The SMILES string of the molecule is COCC1(CNCC(C)C)CC1. The zero-order valence-corrected chi connectivity index (χ0v) is 8.52. The molecule has 1 saturated carbocycles. The number of hydrogen-bond donors (Lipinski definition) is 1. The average Bonchev–Trinajstić information content (AvgIpc) is 2.69. The fourth-order valence-electron chi connectivity index (χ4n) is 1.48. The van der Waals surface area contributed by atoms with E-state index in [2.05, 4.69) is 19.2 Å². The van der Waals surface area contributed by atoms with Crippen LogP contribution in [0.3, 0.4) is 0 Å². The van der Waals surface area contributed by atoms with Gasteiger partial charge in [0.2, 0.25) is 0 Å². The second-order valence-corrected chi connectivity index (χ2v) is 4.46. The summed E-state index contributed by atoms with van der Waals surface area (Å²) in [5.41, 5.74) is 0.504. The molecule has 1 aliphatic carbocycles. The summed E-state index contributed by atoms with van der Waals surface area (Å²) in [5.74, 6) is 0.753. The Bertz CT molecular complexity index is 130. The highest BCUT2D eigenvalue weighted by atomic mass is 16.5. The Morgan fingerprint density at radius 3 is 2.50 bits per heavy atom. The monoisotopic (exact) mass is 171 g/mol. The molecule has 0 aliphatic heterocycles. The van der Waals surface area contributed by atoms with E-state index in [1.165, 1.54) is 12.8 Å². The Labute approximate surface area is 75.7 Å². The van der Waals surface area contributed by atoms with Crippen molar-refractivity contribution < 1.29 is 4.74 Å². The Hall–Kier alpha value is -0.0800. The molecule has 0 bridgehead atoms. The molecular formula is C10H21NO. The number of rotatable bonds is 6. The predicted molar refractivity (Wildman–Crippen MR) is 51.3 cm³/mol. The van der Waals surface area contributed by atoms with Gasteiger partial charge in [0.15, 0.2) is 0 Å². The van der Waals surface area contributed by atoms with Gasteiger partial charge in [0.25, 0.3) is 0 Å². The van der Waals surface area contributed by atoms with Crippen LogP contribution in [-0.2, 0) is 4.74 Å². The van der Waals surface area contributed by atoms with Crippen LogP contribution in [0.15, 0.2) is 0 Å². The standard InChI is InChI=1S/C10H21NO/c1-9(2)6-11-7-10(4-5-10)8-12-3/h9,11H,4-8H2,1-3H3. The summed E-state index contributed by atoms with van der Waals surface area (Å²) in [7, 11) is 1.79. The minimum atomic E-state index is 0.504. The molecule has 0 saturated heterocycles. The summed E-state index contributed by atoms with van der Waals surface area (Å²) in [6.07, 6.45) is 2.68. The van der Waals surface area contributed by atoms with Gasteiger partial charge in [0.1, 0.15) is 0 Å². The Balaban J connectivity index is 2.06. The van der Waals surface area contributed by atoms with Crippen LogP contribution >= 0.6 is 0 Å². The molecule has 2 nitrogen and oxygen atoms in total. The van der Waals surface area contributed by atoms with Crippen LogP contribution in [0.25, 0.3) is 0 Å². The van der Waals surface area contributed by atoms with Crippen molar-refractivity contribution >= 4 is 0 Å². The number of nitrogens with one attached hydrogen (secondary N) is 1. The van der Waals surface area contributed by atoms with E-state index in [-0.39, 0.29) is 0 Å². The number of ether oxygens (including phenoxy) is 1. The third-order valence-corrected chi connectivity index (χ3v) is 2.46. The lowest BCUT2D eigenvalue weighted by atomic mass is 10.1. The molecule has 2 heteroatoms. The molecule has 72 valence electrons. The van der Waals surface area contributed by atoms with Crippen molar-refractivity contribution in [2.75, 3.05) is 26.8 Å². The molecule has 0 spiro atoms. The fraction of sp³-hybridized carbons (Fsp3) is 1.00. The second-order valence-electron chi connectivity index (χ2n) is 4.46. The molecule has 0 aromatic heterocycles. The van der Waals surface area contributed by atoms with Gasteiger partial charge in [-0.1, -0.05) is 13.8 Å². The second kappa shape index (κ2) is 4.24. The molecule has 0 aromatic carbocycles. The highest BCUT2D eigenvalue weighted by Crippen LogP contribution is 2.44. The van der Waals surface area contributed by atoms with Gasteiger partial charge in [-0.15, -0.1) is 0 Å². The van der Waals surface area contributed by atoms with Gasteiger partial charge in [0, 0.05) is 19.1 Å². The molecule has 1 N–H and O–H groups in total. The van der Waals surface area contributed by atoms with Crippen LogP contribution in [0.5, 0.6) is 0 Å². The number of methoxy groups -OCH3 is 1. The fourth-order valence-corrected chi connectivity index (χ4v) is 1.48. The predicted octanol–water partition coefficient (Wildman–Crippen LogP) is 1.66. The van der Waals surface area contributed by atoms with Gasteiger partial charge in [-0.25, -0.2) is 0 Å². The van der Waals surface area contributed by atoms with Crippen molar-refractivity contribution in [3.63, 3.8) is 0 Å². The number of hydrogen-bond acceptors (Lipinski definition) is 2. The smallest absolute Gasteiger partial charge is 0.0530 e. The summed E-state index contributed by atoms with van der Waals surface area (Å²) < 4.78 is 5.19. The first-order valence-corrected chi connectivity index (χ1v) is 4.88. The Morgan fingerprint density at radius 2 is 2.08 bits per heavy atom. The summed E-state index contributed by atoms with van der Waals surface area (Å²) in [6, 6.07) is 0. The van der Waals surface area contributed by atoms with Crippen molar-refractivity contribution in [2.45, 2.75) is 26.7 Å². The van der Waals surface area contributed by atoms with E-state index in [0.717, 1.165) is 25.6 Å². The zero-order valence-electron chi connectivity index (χ0n) is 8.52. The molecule has 0 amide bonds. The molecular weight excluding hydrogens is 150 g/mol. The average molecular weight is 171 g/mol. The third kappa shape index (κ3) is 3.11. The van der Waals surface area contributed by atoms with Crippen LogP contribution in [-0.4, -0.2) is 26.8 Å². The molecule has 1 aliphatic rings. The summed E-state index contributed by atoms with van der Waals surface area (Å²) in [5, 5.41) is 3.49. The van der Waals surface area contributed by atoms with Gasteiger partial charge >= 0.3 is 0 Å². The van der Waals surface area contributed by atoms with Crippen LogP contribution in [0.1, 0.15) is 26.7 Å². The van der Waals surface area contributed by atoms with Gasteiger partial charge in [0.05, 0.1) is 6.61 Å². The summed E-state index contributed by atoms with van der Waals surface area (Å²) in [4.78, 5) is 0. The van der Waals surface area contributed by atoms with Crippen molar-refractivity contribution in [1.29, 1.82) is 0 Å². The van der Waals surface area contributed by atoms with E-state index < -0.39 is 0 Å². The Kier molecular flexibility index (Phi) is 3.53. The van der Waals surface area contributed by atoms with Crippen molar-refractivity contribution in [1.82, 2.24) is 5.32 Å². The third-order valence-electron chi connectivity index (χ3n) is 2.46. The molecule has 0 unspecified atom stereocenters. The first-order valence-electron chi connectivity index (χ1n) is 4.88. The minimum Gasteiger partial charge on any atom is -0.384 e. The lowest BCUT2D eigenvalue weighted by Gasteiger charge is -2.15. The first-order chi connectivity index (χ1) is 5.68. The maximum atomic E-state index is 5.19. The maximum Gasteiger partial charge on any atom is 0.0530 e. The van der Waals surface area contributed by atoms with Gasteiger partial charge in [-0.05, 0) is 25.3 Å². The van der Waals surface area contributed by atoms with E-state index in [4.69, 9.17) is 4.74 Å². The topological polar surface area (TPSA) is 21.3 Å². The molecule has 12 heavy (non-hydrogen) atoms. The van der Waals surface area contributed by atoms with Gasteiger partial charge < -0.3 is 10.1 Å². The van der Waals surface area contributed by atoms with E-state index in [1.54, 1.807) is 7.11 Å². The van der Waals surface area contributed by atoms with Crippen LogP contribution in [0.4, 0.5) is 0 Å². The summed E-state index contributed by atoms with van der Waals surface area (Å²) in [6.45, 7) is 7.67. The summed E-state index contributed by atoms with van der Waals surface area (Å²) >= 11 is 0. The Morgan fingerprint density at radius 1 is 1.42 bits per heavy atom.